The Kier molecular flexibility index (Phi) is 5.85. The number of nitrogens with zero attached hydrogens (tertiary/aromatic N) is 2. The van der Waals surface area contributed by atoms with Gasteiger partial charge in [-0.05, 0) is 37.8 Å². The van der Waals surface area contributed by atoms with Gasteiger partial charge in [0.05, 0.1) is 11.6 Å². The van der Waals surface area contributed by atoms with E-state index in [4.69, 9.17) is 15.7 Å². The smallest absolute Gasteiger partial charge is 0.127 e. The zero-order chi connectivity index (χ0) is 18.7. The van der Waals surface area contributed by atoms with Crippen LogP contribution in [0.3, 0.4) is 0 Å². The highest BCUT2D eigenvalue weighted by Crippen LogP contribution is 2.32. The van der Waals surface area contributed by atoms with E-state index in [1.54, 1.807) is 11.8 Å². The van der Waals surface area contributed by atoms with Crippen LogP contribution in [0.5, 0.6) is 0 Å². The van der Waals surface area contributed by atoms with Crippen molar-refractivity contribution in [3.63, 3.8) is 0 Å². The van der Waals surface area contributed by atoms with Gasteiger partial charge in [0.15, 0.2) is 0 Å². The fraction of sp³-hybridized carbons (Fsp3) is 0.500. The maximum absolute atomic E-state index is 10.1. The molecule has 0 radical (unpaired) electrons. The molecular formula is C20H28N4OS. The van der Waals surface area contributed by atoms with E-state index < -0.39 is 5.60 Å². The first-order valence-corrected chi connectivity index (χ1v) is 10.1. The van der Waals surface area contributed by atoms with Gasteiger partial charge in [-0.3, -0.25) is 9.98 Å². The highest BCUT2D eigenvalue weighted by atomic mass is 32.2. The molecule has 2 aliphatic heterocycles. The number of nitrogens with two attached hydrogens (primary N) is 1. The quantitative estimate of drug-likeness (QED) is 0.742. The van der Waals surface area contributed by atoms with Crippen LogP contribution in [0.15, 0.2) is 46.0 Å². The van der Waals surface area contributed by atoms with Crippen molar-refractivity contribution in [2.24, 2.45) is 15.7 Å². The highest BCUT2D eigenvalue weighted by molar-refractivity contribution is 8.15. The lowest BCUT2D eigenvalue weighted by Crippen LogP contribution is -2.33. The first-order valence-electron chi connectivity index (χ1n) is 9.19. The molecule has 0 saturated heterocycles. The van der Waals surface area contributed by atoms with E-state index in [9.17, 15) is 5.11 Å². The molecule has 5 nitrogen and oxygen atoms in total. The second kappa shape index (κ2) is 7.94. The van der Waals surface area contributed by atoms with Gasteiger partial charge in [0.2, 0.25) is 0 Å². The summed E-state index contributed by atoms with van der Waals surface area (Å²) in [7, 11) is 0. The Bertz CT molecular complexity index is 731. The van der Waals surface area contributed by atoms with Gasteiger partial charge in [-0.2, -0.15) is 0 Å². The normalized spacial score (nSPS) is 25.0. The van der Waals surface area contributed by atoms with Gasteiger partial charge in [0, 0.05) is 24.7 Å². The molecule has 6 heteroatoms. The second-order valence-corrected chi connectivity index (χ2v) is 8.35. The van der Waals surface area contributed by atoms with Crippen molar-refractivity contribution in [2.75, 3.05) is 6.54 Å². The van der Waals surface area contributed by atoms with Gasteiger partial charge in [-0.1, -0.05) is 43.0 Å². The van der Waals surface area contributed by atoms with Crippen LogP contribution in [0.4, 0.5) is 0 Å². The lowest BCUT2D eigenvalue weighted by molar-refractivity contribution is 0.115. The third kappa shape index (κ3) is 4.37. The van der Waals surface area contributed by atoms with Crippen LogP contribution in [0.2, 0.25) is 0 Å². The Labute approximate surface area is 159 Å². The van der Waals surface area contributed by atoms with Gasteiger partial charge in [-0.25, -0.2) is 0 Å². The van der Waals surface area contributed by atoms with Crippen molar-refractivity contribution in [2.45, 2.75) is 57.1 Å². The van der Waals surface area contributed by atoms with E-state index in [1.807, 2.05) is 20.0 Å². The number of aliphatic imine (C=N–C) groups is 2. The zero-order valence-corrected chi connectivity index (χ0v) is 16.5. The van der Waals surface area contributed by atoms with Crippen molar-refractivity contribution in [1.29, 1.82) is 0 Å². The molecule has 2 unspecified atom stereocenters. The Morgan fingerprint density at radius 2 is 2.04 bits per heavy atom. The second-order valence-electron chi connectivity index (χ2n) is 7.24. The first kappa shape index (κ1) is 19.1. The van der Waals surface area contributed by atoms with E-state index in [-0.39, 0.29) is 11.4 Å². The molecule has 1 aromatic rings. The van der Waals surface area contributed by atoms with Gasteiger partial charge < -0.3 is 16.2 Å². The van der Waals surface area contributed by atoms with E-state index in [2.05, 4.69) is 36.5 Å². The maximum atomic E-state index is 10.1. The van der Waals surface area contributed by atoms with Crippen LogP contribution in [0.1, 0.15) is 44.7 Å². The van der Waals surface area contributed by atoms with Crippen LogP contribution in [-0.4, -0.2) is 39.5 Å². The molecule has 1 aromatic carbocycles. The standard InChI is InChI=1S/C20H28N4OS/c1-4-13-5-7-14(8-6-13)18-23-16(11-21)19(26-18)24-17-10-9-15(12-22-17)20(2,3)25/h5-8,12,16,19,25H,4,9-11,21H2,1-3H3,(H,22,24). The third-order valence-electron chi connectivity index (χ3n) is 4.81. The molecule has 2 heterocycles. The third-order valence-corrected chi connectivity index (χ3v) is 6.03. The predicted molar refractivity (Wildman–Crippen MR) is 111 cm³/mol. The highest BCUT2D eigenvalue weighted by Gasteiger charge is 2.30. The Morgan fingerprint density at radius 3 is 2.58 bits per heavy atom. The molecule has 0 aliphatic carbocycles. The number of rotatable bonds is 5. The molecule has 0 amide bonds. The number of amidine groups is 1. The SMILES string of the molecule is CCc1ccc(C2=NC(CN)C(/N=C3/CCC(C(C)(C)O)=CN3)S2)cc1. The van der Waals surface area contributed by atoms with E-state index in [1.165, 1.54) is 5.56 Å². The van der Waals surface area contributed by atoms with Crippen molar-refractivity contribution in [3.8, 4) is 0 Å². The van der Waals surface area contributed by atoms with Gasteiger partial charge in [0.25, 0.3) is 0 Å². The van der Waals surface area contributed by atoms with Gasteiger partial charge >= 0.3 is 0 Å². The van der Waals surface area contributed by atoms with E-state index in [0.29, 0.717) is 6.54 Å². The minimum Gasteiger partial charge on any atom is -0.386 e. The molecule has 4 N–H and O–H groups in total. The average molecular weight is 373 g/mol. The summed E-state index contributed by atoms with van der Waals surface area (Å²) in [5.74, 6) is 0.937. The number of benzene rings is 1. The fourth-order valence-corrected chi connectivity index (χ4v) is 4.26. The number of nitrogens with one attached hydrogen (secondary N) is 1. The number of hydrogen-bond acceptors (Lipinski definition) is 5. The van der Waals surface area contributed by atoms with Gasteiger partial charge in [0.1, 0.15) is 16.3 Å². The number of aryl methyl sites for hydroxylation is 1. The summed E-state index contributed by atoms with van der Waals surface area (Å²) >= 11 is 1.68. The molecule has 140 valence electrons. The first-order chi connectivity index (χ1) is 12.4. The maximum Gasteiger partial charge on any atom is 0.127 e. The minimum absolute atomic E-state index is 0.000406. The van der Waals surface area contributed by atoms with Crippen molar-refractivity contribution < 1.29 is 5.11 Å². The summed E-state index contributed by atoms with van der Waals surface area (Å²) in [4.78, 5) is 9.66. The summed E-state index contributed by atoms with van der Waals surface area (Å²) in [5, 5.41) is 14.4. The van der Waals surface area contributed by atoms with Crippen LogP contribution in [0, 0.1) is 0 Å². The molecule has 26 heavy (non-hydrogen) atoms. The van der Waals surface area contributed by atoms with E-state index in [0.717, 1.165) is 41.3 Å². The van der Waals surface area contributed by atoms with Crippen LogP contribution in [0.25, 0.3) is 0 Å². The minimum atomic E-state index is -0.790. The summed E-state index contributed by atoms with van der Waals surface area (Å²) in [6, 6.07) is 8.56. The number of hydrogen-bond donors (Lipinski definition) is 3. The lowest BCUT2D eigenvalue weighted by atomic mass is 9.93. The number of aliphatic hydroxyl groups is 1. The van der Waals surface area contributed by atoms with Crippen LogP contribution in [-0.2, 0) is 6.42 Å². The van der Waals surface area contributed by atoms with Crippen molar-refractivity contribution in [1.82, 2.24) is 5.32 Å². The molecule has 2 aliphatic rings. The molecule has 3 rings (SSSR count). The zero-order valence-electron chi connectivity index (χ0n) is 15.7. The average Bonchev–Trinajstić information content (AvgIpc) is 3.04. The van der Waals surface area contributed by atoms with Gasteiger partial charge in [-0.15, -0.1) is 0 Å². The van der Waals surface area contributed by atoms with Crippen LogP contribution >= 0.6 is 11.8 Å². The topological polar surface area (TPSA) is 83.0 Å². The summed E-state index contributed by atoms with van der Waals surface area (Å²) in [6.45, 7) is 6.26. The monoisotopic (exact) mass is 372 g/mol. The van der Waals surface area contributed by atoms with Crippen molar-refractivity contribution >= 4 is 22.6 Å². The van der Waals surface area contributed by atoms with Crippen molar-refractivity contribution in [3.05, 3.63) is 47.2 Å². The molecule has 0 spiro atoms. The number of thioether (sulfide) groups is 1. The largest absolute Gasteiger partial charge is 0.386 e. The predicted octanol–water partition coefficient (Wildman–Crippen LogP) is 2.83. The molecule has 0 bridgehead atoms. The lowest BCUT2D eigenvalue weighted by Gasteiger charge is -2.26. The Hall–Kier alpha value is -1.63. The van der Waals surface area contributed by atoms with Crippen LogP contribution < -0.4 is 11.1 Å². The molecule has 0 fully saturated rings. The summed E-state index contributed by atoms with van der Waals surface area (Å²) in [5.41, 5.74) is 8.61. The Balaban J connectivity index is 1.71. The molecule has 2 atom stereocenters. The molecule has 0 saturated carbocycles. The Morgan fingerprint density at radius 1 is 1.31 bits per heavy atom. The fourth-order valence-electron chi connectivity index (χ4n) is 3.05. The molecule has 0 aromatic heterocycles. The summed E-state index contributed by atoms with van der Waals surface area (Å²) in [6.07, 6.45) is 4.52. The molecular weight excluding hydrogens is 344 g/mol. The van der Waals surface area contributed by atoms with E-state index >= 15 is 0 Å². The summed E-state index contributed by atoms with van der Waals surface area (Å²) < 4.78 is 0.